The SMILES string of the molecule is CC1NN(C2CCNC(NC3CCC(C4CSC5C(=O)CC(N6CCOCC6)OC54)CC3)N2)CC1CN1CCCC1. The Kier molecular flexibility index (Phi) is 9.56. The Morgan fingerprint density at radius 3 is 2.66 bits per heavy atom. The third kappa shape index (κ3) is 6.70. The second-order valence-corrected chi connectivity index (χ2v) is 14.9. The zero-order chi connectivity index (χ0) is 27.8. The summed E-state index contributed by atoms with van der Waals surface area (Å²) in [6.07, 6.45) is 9.82. The number of nitrogens with one attached hydrogen (secondary N) is 4. The van der Waals surface area contributed by atoms with Crippen molar-refractivity contribution in [3.63, 3.8) is 0 Å². The van der Waals surface area contributed by atoms with Gasteiger partial charge in [-0.15, -0.1) is 11.8 Å². The number of Topliss-reactive ketones (excluding diaryl/α,β-unsaturated/α-hetero) is 1. The van der Waals surface area contributed by atoms with Gasteiger partial charge in [0.1, 0.15) is 12.5 Å². The highest BCUT2D eigenvalue weighted by Crippen LogP contribution is 2.46. The van der Waals surface area contributed by atoms with E-state index < -0.39 is 0 Å². The Bertz CT molecular complexity index is 882. The number of likely N-dealkylation sites (tertiary alicyclic amines) is 1. The smallest absolute Gasteiger partial charge is 0.152 e. The van der Waals surface area contributed by atoms with Crippen LogP contribution in [0.3, 0.4) is 0 Å². The molecule has 0 aromatic carbocycles. The molecule has 0 spiro atoms. The number of ketones is 1. The summed E-state index contributed by atoms with van der Waals surface area (Å²) in [5.74, 6) is 3.36. The molecular formula is C30H53N7O3S. The molecular weight excluding hydrogens is 538 g/mol. The molecule has 6 saturated heterocycles. The van der Waals surface area contributed by atoms with Gasteiger partial charge in [0.2, 0.25) is 0 Å². The first kappa shape index (κ1) is 29.4. The summed E-state index contributed by atoms with van der Waals surface area (Å²) in [6, 6.07) is 1.07. The lowest BCUT2D eigenvalue weighted by Crippen LogP contribution is -2.67. The molecule has 0 aromatic heterocycles. The molecule has 7 aliphatic rings. The zero-order valence-electron chi connectivity index (χ0n) is 25.0. The van der Waals surface area contributed by atoms with Crippen molar-refractivity contribution in [3.8, 4) is 0 Å². The number of morpholine rings is 1. The maximum Gasteiger partial charge on any atom is 0.152 e. The molecule has 0 amide bonds. The molecule has 1 saturated carbocycles. The number of ether oxygens (including phenoxy) is 2. The fourth-order valence-corrected chi connectivity index (χ4v) is 10.3. The van der Waals surface area contributed by atoms with E-state index in [0.717, 1.165) is 51.6 Å². The zero-order valence-corrected chi connectivity index (χ0v) is 25.8. The molecule has 7 rings (SSSR count). The van der Waals surface area contributed by atoms with E-state index in [1.807, 2.05) is 11.8 Å². The molecule has 0 radical (unpaired) electrons. The van der Waals surface area contributed by atoms with Gasteiger partial charge in [0.25, 0.3) is 0 Å². The third-order valence-corrected chi connectivity index (χ3v) is 12.6. The summed E-state index contributed by atoms with van der Waals surface area (Å²) < 4.78 is 12.3. The van der Waals surface area contributed by atoms with Crippen LogP contribution in [0, 0.1) is 17.8 Å². The van der Waals surface area contributed by atoms with Gasteiger partial charge in [0, 0.05) is 57.1 Å². The lowest BCUT2D eigenvalue weighted by molar-refractivity contribution is -0.170. The molecule has 4 N–H and O–H groups in total. The minimum absolute atomic E-state index is 0.0492. The molecule has 0 aromatic rings. The molecule has 8 atom stereocenters. The Hall–Kier alpha value is -0.340. The van der Waals surface area contributed by atoms with Gasteiger partial charge in [-0.3, -0.25) is 31.1 Å². The molecule has 0 bridgehead atoms. The number of nitrogens with zero attached hydrogens (tertiary/aromatic N) is 3. The van der Waals surface area contributed by atoms with Crippen molar-refractivity contribution in [2.75, 3.05) is 64.8 Å². The van der Waals surface area contributed by atoms with Gasteiger partial charge in [-0.25, -0.2) is 5.01 Å². The van der Waals surface area contributed by atoms with Crippen LogP contribution in [0.1, 0.15) is 58.3 Å². The average Bonchev–Trinajstić information content (AvgIpc) is 3.75. The first-order chi connectivity index (χ1) is 20.1. The number of hydrazine groups is 1. The van der Waals surface area contributed by atoms with Gasteiger partial charge in [-0.05, 0) is 82.5 Å². The number of fused-ring (bicyclic) bond motifs is 1. The van der Waals surface area contributed by atoms with Crippen LogP contribution < -0.4 is 21.4 Å². The quantitative estimate of drug-likeness (QED) is 0.342. The number of hydrogen-bond donors (Lipinski definition) is 4. The van der Waals surface area contributed by atoms with Gasteiger partial charge in [-0.2, -0.15) is 0 Å². The standard InChI is InChI=1S/C30H53N7O3S/c1-20-22(17-35-10-2-3-11-35)18-37(34-20)26-8-9-31-30(33-26)32-23-6-4-21(5-7-23)24-19-41-29-25(38)16-27(40-28(24)29)36-12-14-39-15-13-36/h20-24,26-34H,2-19H2,1H3. The normalized spacial score (nSPS) is 45.3. The van der Waals surface area contributed by atoms with E-state index in [1.54, 1.807) is 0 Å². The van der Waals surface area contributed by atoms with Crippen molar-refractivity contribution in [1.29, 1.82) is 0 Å². The van der Waals surface area contributed by atoms with Crippen LogP contribution in [0.4, 0.5) is 0 Å². The van der Waals surface area contributed by atoms with E-state index in [0.29, 0.717) is 48.2 Å². The van der Waals surface area contributed by atoms with Crippen LogP contribution in [0.15, 0.2) is 0 Å². The average molecular weight is 592 g/mol. The van der Waals surface area contributed by atoms with Crippen molar-refractivity contribution in [2.45, 2.75) is 100 Å². The van der Waals surface area contributed by atoms with Gasteiger partial charge < -0.3 is 14.4 Å². The number of rotatable bonds is 7. The topological polar surface area (TPSA) is 93.4 Å². The monoisotopic (exact) mass is 591 g/mol. The molecule has 6 aliphatic heterocycles. The van der Waals surface area contributed by atoms with E-state index in [4.69, 9.17) is 9.47 Å². The lowest BCUT2D eigenvalue weighted by Gasteiger charge is -2.43. The molecule has 232 valence electrons. The molecule has 6 heterocycles. The van der Waals surface area contributed by atoms with Crippen molar-refractivity contribution in [1.82, 2.24) is 36.2 Å². The fourth-order valence-electron chi connectivity index (χ4n) is 8.64. The van der Waals surface area contributed by atoms with Crippen LogP contribution >= 0.6 is 11.8 Å². The Labute approximate surface area is 250 Å². The molecule has 1 aliphatic carbocycles. The summed E-state index contributed by atoms with van der Waals surface area (Å²) in [6.45, 7) is 11.6. The van der Waals surface area contributed by atoms with Crippen LogP contribution in [0.25, 0.3) is 0 Å². The highest BCUT2D eigenvalue weighted by Gasteiger charge is 2.50. The largest absolute Gasteiger partial charge is 0.379 e. The van der Waals surface area contributed by atoms with E-state index in [-0.39, 0.29) is 23.9 Å². The molecule has 11 heteroatoms. The Balaban J connectivity index is 0.874. The number of carbonyl (C=O) groups excluding carboxylic acids is 1. The fraction of sp³-hybridized carbons (Fsp3) is 0.967. The van der Waals surface area contributed by atoms with Gasteiger partial charge in [0.15, 0.2) is 5.78 Å². The second-order valence-electron chi connectivity index (χ2n) is 13.8. The van der Waals surface area contributed by atoms with Gasteiger partial charge in [-0.1, -0.05) is 0 Å². The first-order valence-corrected chi connectivity index (χ1v) is 17.8. The summed E-state index contributed by atoms with van der Waals surface area (Å²) >= 11 is 1.87. The van der Waals surface area contributed by atoms with Crippen LogP contribution in [-0.4, -0.2) is 127 Å². The first-order valence-electron chi connectivity index (χ1n) is 16.7. The number of hydrogen-bond acceptors (Lipinski definition) is 11. The number of carbonyl (C=O) groups is 1. The highest BCUT2D eigenvalue weighted by molar-refractivity contribution is 8.01. The van der Waals surface area contributed by atoms with Gasteiger partial charge in [0.05, 0.1) is 30.7 Å². The van der Waals surface area contributed by atoms with Crippen molar-refractivity contribution >= 4 is 17.5 Å². The second kappa shape index (κ2) is 13.3. The summed E-state index contributed by atoms with van der Waals surface area (Å²) in [5.41, 5.74) is 3.80. The maximum atomic E-state index is 13.1. The minimum atomic E-state index is -0.0492. The molecule has 7 fully saturated rings. The van der Waals surface area contributed by atoms with E-state index >= 15 is 0 Å². The van der Waals surface area contributed by atoms with E-state index in [1.165, 1.54) is 58.2 Å². The summed E-state index contributed by atoms with van der Waals surface area (Å²) in [4.78, 5) is 18.1. The third-order valence-electron chi connectivity index (χ3n) is 11.1. The minimum Gasteiger partial charge on any atom is -0.379 e. The predicted molar refractivity (Wildman–Crippen MR) is 161 cm³/mol. The molecule has 8 unspecified atom stereocenters. The molecule has 41 heavy (non-hydrogen) atoms. The summed E-state index contributed by atoms with van der Waals surface area (Å²) in [7, 11) is 0. The van der Waals surface area contributed by atoms with Crippen LogP contribution in [-0.2, 0) is 14.3 Å². The van der Waals surface area contributed by atoms with Crippen molar-refractivity contribution in [2.24, 2.45) is 17.8 Å². The highest BCUT2D eigenvalue weighted by atomic mass is 32.2. The Morgan fingerprint density at radius 1 is 1.05 bits per heavy atom. The number of thioether (sulfide) groups is 1. The van der Waals surface area contributed by atoms with Gasteiger partial charge >= 0.3 is 0 Å². The molecule has 10 nitrogen and oxygen atoms in total. The summed E-state index contributed by atoms with van der Waals surface area (Å²) in [5, 5.41) is 14.0. The predicted octanol–water partition coefficient (Wildman–Crippen LogP) is 0.996. The lowest BCUT2D eigenvalue weighted by atomic mass is 9.75. The van der Waals surface area contributed by atoms with Crippen molar-refractivity contribution < 1.29 is 14.3 Å². The Morgan fingerprint density at radius 2 is 1.85 bits per heavy atom. The van der Waals surface area contributed by atoms with E-state index in [9.17, 15) is 4.79 Å². The van der Waals surface area contributed by atoms with Crippen LogP contribution in [0.2, 0.25) is 0 Å². The van der Waals surface area contributed by atoms with E-state index in [2.05, 4.69) is 43.1 Å². The van der Waals surface area contributed by atoms with Crippen LogP contribution in [0.5, 0.6) is 0 Å². The van der Waals surface area contributed by atoms with Crippen molar-refractivity contribution in [3.05, 3.63) is 0 Å². The maximum absolute atomic E-state index is 13.1.